The van der Waals surface area contributed by atoms with Crippen LogP contribution < -0.4 is 5.32 Å². The van der Waals surface area contributed by atoms with Crippen molar-refractivity contribution in [2.45, 2.75) is 77.8 Å². The van der Waals surface area contributed by atoms with E-state index in [2.05, 4.69) is 36.0 Å². The summed E-state index contributed by atoms with van der Waals surface area (Å²) >= 11 is 0. The fraction of sp³-hybridized carbons (Fsp3) is 0.704. The number of hydrogen-bond donors (Lipinski definition) is 1. The number of amides is 3. The van der Waals surface area contributed by atoms with Crippen LogP contribution in [0.1, 0.15) is 76.2 Å². The molecule has 0 spiro atoms. The van der Waals surface area contributed by atoms with Gasteiger partial charge in [0.1, 0.15) is 5.69 Å². The zero-order chi connectivity index (χ0) is 24.2. The van der Waals surface area contributed by atoms with Gasteiger partial charge in [-0.05, 0) is 67.9 Å². The molecule has 7 heteroatoms. The Bertz CT molecular complexity index is 874. The molecule has 1 N–H and O–H groups in total. The summed E-state index contributed by atoms with van der Waals surface area (Å²) < 4.78 is 0. The summed E-state index contributed by atoms with van der Waals surface area (Å²) in [5.74, 6) is 1.56. The van der Waals surface area contributed by atoms with Crippen LogP contribution in [0.3, 0.4) is 0 Å². The van der Waals surface area contributed by atoms with Crippen molar-refractivity contribution in [2.75, 3.05) is 19.6 Å². The normalized spacial score (nSPS) is 31.1. The largest absolute Gasteiger partial charge is 0.353 e. The molecule has 186 valence electrons. The van der Waals surface area contributed by atoms with Gasteiger partial charge in [-0.1, -0.05) is 26.8 Å². The van der Waals surface area contributed by atoms with Crippen molar-refractivity contribution >= 4 is 17.7 Å². The first-order valence-corrected chi connectivity index (χ1v) is 13.1. The third-order valence-electron chi connectivity index (χ3n) is 8.01. The average molecular weight is 469 g/mol. The molecule has 7 nitrogen and oxygen atoms in total. The number of fused-ring (bicyclic) bond motifs is 4. The van der Waals surface area contributed by atoms with E-state index in [1.165, 1.54) is 0 Å². The third kappa shape index (κ3) is 5.78. The number of nitrogens with one attached hydrogen (secondary N) is 1. The lowest BCUT2D eigenvalue weighted by atomic mass is 9.77. The van der Waals surface area contributed by atoms with E-state index in [1.807, 2.05) is 17.0 Å². The highest BCUT2D eigenvalue weighted by molar-refractivity contribution is 5.92. The highest BCUT2D eigenvalue weighted by Crippen LogP contribution is 2.37. The van der Waals surface area contributed by atoms with E-state index < -0.39 is 0 Å². The summed E-state index contributed by atoms with van der Waals surface area (Å²) in [6, 6.07) is 5.69. The Morgan fingerprint density at radius 2 is 1.94 bits per heavy atom. The van der Waals surface area contributed by atoms with Crippen LogP contribution in [-0.2, 0) is 9.59 Å². The molecule has 0 radical (unpaired) electrons. The van der Waals surface area contributed by atoms with Gasteiger partial charge in [-0.25, -0.2) is 0 Å². The standard InChI is InChI=1S/C27H40N4O3/c1-18(2)22-11-10-19(3)13-26(33)31-16-20-14-21(24(31)8-6-9-25(32)29-22)17-30(15-20)27(34)23-7-4-5-12-28-23/h4-5,7,12,18-22,24H,6,8-11,13-17H2,1-3H3,(H,29,32)/t19-,20+,21+,22+,24+/m1/s1. The molecule has 1 aromatic heterocycles. The fourth-order valence-corrected chi connectivity index (χ4v) is 6.13. The molecular formula is C27H40N4O3. The number of aromatic nitrogens is 1. The first-order chi connectivity index (χ1) is 16.3. The Balaban J connectivity index is 1.50. The van der Waals surface area contributed by atoms with E-state index in [-0.39, 0.29) is 41.6 Å². The second-order valence-electron chi connectivity index (χ2n) is 11.1. The van der Waals surface area contributed by atoms with E-state index in [9.17, 15) is 14.4 Å². The van der Waals surface area contributed by atoms with Gasteiger partial charge in [-0.3, -0.25) is 19.4 Å². The van der Waals surface area contributed by atoms with E-state index in [4.69, 9.17) is 0 Å². The minimum Gasteiger partial charge on any atom is -0.353 e. The van der Waals surface area contributed by atoms with Crippen LogP contribution in [0.15, 0.2) is 24.4 Å². The summed E-state index contributed by atoms with van der Waals surface area (Å²) in [6.07, 6.45) is 7.17. The number of carbonyl (C=O) groups excluding carboxylic acids is 3. The molecule has 3 amide bonds. The molecule has 4 heterocycles. The molecule has 3 aliphatic rings. The number of rotatable bonds is 2. The topological polar surface area (TPSA) is 82.6 Å². The van der Waals surface area contributed by atoms with Crippen LogP contribution in [0.4, 0.5) is 0 Å². The summed E-state index contributed by atoms with van der Waals surface area (Å²) in [4.78, 5) is 47.5. The maximum Gasteiger partial charge on any atom is 0.272 e. The van der Waals surface area contributed by atoms with Crippen LogP contribution in [0.25, 0.3) is 0 Å². The van der Waals surface area contributed by atoms with Crippen LogP contribution in [0, 0.1) is 23.7 Å². The fourth-order valence-electron chi connectivity index (χ4n) is 6.13. The van der Waals surface area contributed by atoms with Crippen molar-refractivity contribution in [1.82, 2.24) is 20.1 Å². The predicted octanol–water partition coefficient (Wildman–Crippen LogP) is 3.50. The van der Waals surface area contributed by atoms with Crippen molar-refractivity contribution < 1.29 is 14.4 Å². The first kappa shape index (κ1) is 24.7. The Morgan fingerprint density at radius 3 is 2.68 bits per heavy atom. The molecule has 3 aliphatic heterocycles. The van der Waals surface area contributed by atoms with Gasteiger partial charge in [0.15, 0.2) is 0 Å². The van der Waals surface area contributed by atoms with Crippen LogP contribution in [0.5, 0.6) is 0 Å². The SMILES string of the molecule is CC(C)[C@@H]1CC[C@@H](C)CC(=O)N2C[C@H]3C[C@@H](CN(C(=O)c4ccccn4)C3)[C@@H]2CCCC(=O)N1. The minimum absolute atomic E-state index is 0.0209. The first-order valence-electron chi connectivity index (χ1n) is 13.1. The smallest absolute Gasteiger partial charge is 0.272 e. The van der Waals surface area contributed by atoms with Crippen molar-refractivity contribution in [3.05, 3.63) is 30.1 Å². The number of hydrogen-bond acceptors (Lipinski definition) is 4. The molecule has 1 aromatic rings. The molecule has 2 bridgehead atoms. The lowest BCUT2D eigenvalue weighted by molar-refractivity contribution is -0.141. The second kappa shape index (κ2) is 10.9. The molecule has 3 fully saturated rings. The quantitative estimate of drug-likeness (QED) is 0.720. The van der Waals surface area contributed by atoms with Gasteiger partial charge < -0.3 is 15.1 Å². The van der Waals surface area contributed by atoms with Crippen LogP contribution in [0.2, 0.25) is 0 Å². The highest BCUT2D eigenvalue weighted by atomic mass is 16.2. The summed E-state index contributed by atoms with van der Waals surface area (Å²) in [5, 5.41) is 3.24. The lowest BCUT2D eigenvalue weighted by Gasteiger charge is -2.51. The Labute approximate surface area is 203 Å². The Kier molecular flexibility index (Phi) is 7.89. The molecule has 0 aliphatic carbocycles. The van der Waals surface area contributed by atoms with Gasteiger partial charge in [-0.15, -0.1) is 0 Å². The number of piperidine rings is 2. The van der Waals surface area contributed by atoms with Gasteiger partial charge in [0, 0.05) is 50.8 Å². The average Bonchev–Trinajstić information content (AvgIpc) is 2.82. The summed E-state index contributed by atoms with van der Waals surface area (Å²) in [5.41, 5.74) is 0.482. The summed E-state index contributed by atoms with van der Waals surface area (Å²) in [7, 11) is 0. The molecule has 3 saturated heterocycles. The van der Waals surface area contributed by atoms with Gasteiger partial charge in [0.05, 0.1) is 0 Å². The summed E-state index contributed by atoms with van der Waals surface area (Å²) in [6.45, 7) is 8.49. The Morgan fingerprint density at radius 1 is 1.12 bits per heavy atom. The molecule has 0 aromatic carbocycles. The van der Waals surface area contributed by atoms with Crippen LogP contribution in [-0.4, -0.2) is 64.2 Å². The van der Waals surface area contributed by atoms with E-state index in [1.54, 1.807) is 12.3 Å². The van der Waals surface area contributed by atoms with Crippen LogP contribution >= 0.6 is 0 Å². The maximum absolute atomic E-state index is 13.5. The molecule has 0 unspecified atom stereocenters. The van der Waals surface area contributed by atoms with Gasteiger partial charge in [0.25, 0.3) is 5.91 Å². The molecule has 0 saturated carbocycles. The number of nitrogens with zero attached hydrogens (tertiary/aromatic N) is 3. The maximum atomic E-state index is 13.5. The van der Waals surface area contributed by atoms with Crippen molar-refractivity contribution in [2.24, 2.45) is 23.7 Å². The zero-order valence-electron chi connectivity index (χ0n) is 20.9. The third-order valence-corrected chi connectivity index (χ3v) is 8.01. The number of carbonyl (C=O) groups is 3. The highest BCUT2D eigenvalue weighted by Gasteiger charge is 2.43. The van der Waals surface area contributed by atoms with E-state index in [0.29, 0.717) is 50.0 Å². The molecule has 34 heavy (non-hydrogen) atoms. The van der Waals surface area contributed by atoms with E-state index in [0.717, 1.165) is 32.1 Å². The van der Waals surface area contributed by atoms with Crippen molar-refractivity contribution in [1.29, 1.82) is 0 Å². The molecule has 4 rings (SSSR count). The van der Waals surface area contributed by atoms with Gasteiger partial charge >= 0.3 is 0 Å². The number of likely N-dealkylation sites (tertiary alicyclic amines) is 1. The van der Waals surface area contributed by atoms with Crippen molar-refractivity contribution in [3.8, 4) is 0 Å². The van der Waals surface area contributed by atoms with E-state index >= 15 is 0 Å². The number of pyridine rings is 1. The second-order valence-corrected chi connectivity index (χ2v) is 11.1. The van der Waals surface area contributed by atoms with Crippen molar-refractivity contribution in [3.63, 3.8) is 0 Å². The monoisotopic (exact) mass is 468 g/mol. The molecular weight excluding hydrogens is 428 g/mol. The molecule has 5 atom stereocenters. The predicted molar refractivity (Wildman–Crippen MR) is 131 cm³/mol. The minimum atomic E-state index is -0.0209. The lowest BCUT2D eigenvalue weighted by Crippen LogP contribution is -2.60. The van der Waals surface area contributed by atoms with Gasteiger partial charge in [-0.2, -0.15) is 0 Å². The zero-order valence-corrected chi connectivity index (χ0v) is 20.9. The Hall–Kier alpha value is -2.44. The van der Waals surface area contributed by atoms with Gasteiger partial charge in [0.2, 0.25) is 11.8 Å².